The van der Waals surface area contributed by atoms with E-state index in [1.54, 1.807) is 12.1 Å². The molecule has 2 N–H and O–H groups in total. The number of benzene rings is 1. The Morgan fingerprint density at radius 2 is 2.11 bits per heavy atom. The third-order valence-corrected chi connectivity index (χ3v) is 2.13. The zero-order valence-electron chi connectivity index (χ0n) is 10.6. The zero-order valence-corrected chi connectivity index (χ0v) is 10.6. The smallest absolute Gasteiger partial charge is 0.335 e. The van der Waals surface area contributed by atoms with Gasteiger partial charge in [-0.3, -0.25) is 4.79 Å². The van der Waals surface area contributed by atoms with E-state index in [9.17, 15) is 9.59 Å². The summed E-state index contributed by atoms with van der Waals surface area (Å²) in [5, 5.41) is 11.4. The van der Waals surface area contributed by atoms with Crippen molar-refractivity contribution in [3.8, 4) is 0 Å². The van der Waals surface area contributed by atoms with E-state index in [4.69, 9.17) is 9.84 Å². The van der Waals surface area contributed by atoms with Gasteiger partial charge in [-0.25, -0.2) is 4.79 Å². The molecule has 0 heterocycles. The highest BCUT2D eigenvalue weighted by molar-refractivity contribution is 5.87. The van der Waals surface area contributed by atoms with E-state index >= 15 is 0 Å². The molecule has 0 aliphatic rings. The lowest BCUT2D eigenvalue weighted by molar-refractivity contribution is -0.120. The molecule has 1 aromatic rings. The molecule has 1 aromatic carbocycles. The number of carbonyl (C=O) groups is 2. The minimum Gasteiger partial charge on any atom is -0.478 e. The van der Waals surface area contributed by atoms with Crippen LogP contribution in [0.15, 0.2) is 24.3 Å². The lowest BCUT2D eigenvalue weighted by Gasteiger charge is -2.27. The lowest BCUT2D eigenvalue weighted by Crippen LogP contribution is -2.31. The van der Waals surface area contributed by atoms with Crippen molar-refractivity contribution in [3.63, 3.8) is 0 Å². The third kappa shape index (κ3) is 4.18. The van der Waals surface area contributed by atoms with E-state index in [1.807, 2.05) is 20.8 Å². The first-order valence-corrected chi connectivity index (χ1v) is 5.54. The number of carboxylic acids is 1. The molecule has 0 saturated heterocycles. The summed E-state index contributed by atoms with van der Waals surface area (Å²) in [6.45, 7) is 5.56. The summed E-state index contributed by atoms with van der Waals surface area (Å²) < 4.78 is 5.66. The van der Waals surface area contributed by atoms with Crippen molar-refractivity contribution in [2.24, 2.45) is 0 Å². The molecule has 0 fully saturated rings. The minimum absolute atomic E-state index is 0.155. The van der Waals surface area contributed by atoms with E-state index in [-0.39, 0.29) is 5.56 Å². The fraction of sp³-hybridized carbons (Fsp3) is 0.385. The Morgan fingerprint density at radius 3 is 2.61 bits per heavy atom. The summed E-state index contributed by atoms with van der Waals surface area (Å²) in [5.74, 6) is -1.02. The Labute approximate surface area is 106 Å². The van der Waals surface area contributed by atoms with Gasteiger partial charge in [0, 0.05) is 5.56 Å². The van der Waals surface area contributed by atoms with Crippen molar-refractivity contribution in [1.82, 2.24) is 5.32 Å². The van der Waals surface area contributed by atoms with Gasteiger partial charge in [-0.15, -0.1) is 0 Å². The van der Waals surface area contributed by atoms with Crippen LogP contribution in [-0.2, 0) is 9.53 Å². The van der Waals surface area contributed by atoms with Gasteiger partial charge in [0.2, 0.25) is 6.41 Å². The van der Waals surface area contributed by atoms with E-state index in [0.717, 1.165) is 0 Å². The lowest BCUT2D eigenvalue weighted by atomic mass is 10.1. The number of carbonyl (C=O) groups excluding carboxylic acids is 1. The van der Waals surface area contributed by atoms with Crippen molar-refractivity contribution >= 4 is 12.4 Å². The van der Waals surface area contributed by atoms with Crippen LogP contribution in [0.5, 0.6) is 0 Å². The van der Waals surface area contributed by atoms with Crippen molar-refractivity contribution in [2.75, 3.05) is 0 Å². The van der Waals surface area contributed by atoms with Crippen molar-refractivity contribution in [3.05, 3.63) is 35.4 Å². The summed E-state index contributed by atoms with van der Waals surface area (Å²) in [7, 11) is 0. The molecule has 0 radical (unpaired) electrons. The molecule has 0 bridgehead atoms. The average molecular weight is 251 g/mol. The van der Waals surface area contributed by atoms with Gasteiger partial charge in [0.05, 0.1) is 11.2 Å². The van der Waals surface area contributed by atoms with Crippen molar-refractivity contribution in [2.45, 2.75) is 32.6 Å². The van der Waals surface area contributed by atoms with Gasteiger partial charge in [-0.05, 0) is 32.9 Å². The number of aromatic carboxylic acids is 1. The predicted octanol–water partition coefficient (Wildman–Crippen LogP) is 1.94. The van der Waals surface area contributed by atoms with E-state index in [2.05, 4.69) is 5.32 Å². The highest BCUT2D eigenvalue weighted by Crippen LogP contribution is 2.22. The molecule has 0 spiro atoms. The summed E-state index contributed by atoms with van der Waals surface area (Å²) in [5.41, 5.74) is 0.291. The second-order valence-electron chi connectivity index (χ2n) is 4.83. The topological polar surface area (TPSA) is 75.6 Å². The third-order valence-electron chi connectivity index (χ3n) is 2.13. The summed E-state index contributed by atoms with van der Waals surface area (Å²) in [6, 6.07) is 6.29. The fourth-order valence-electron chi connectivity index (χ4n) is 1.45. The molecule has 1 amide bonds. The van der Waals surface area contributed by atoms with Crippen LogP contribution in [0.3, 0.4) is 0 Å². The van der Waals surface area contributed by atoms with Crippen LogP contribution in [-0.4, -0.2) is 23.1 Å². The van der Waals surface area contributed by atoms with Gasteiger partial charge in [0.25, 0.3) is 0 Å². The number of amides is 1. The van der Waals surface area contributed by atoms with Gasteiger partial charge in [-0.2, -0.15) is 0 Å². The standard InChI is InChI=1S/C13H17NO4/c1-13(2,3)18-11(14-8-15)9-5-4-6-10(7-9)12(16)17/h4-8,11H,1-3H3,(H,14,15)(H,16,17). The molecule has 0 saturated carbocycles. The van der Waals surface area contributed by atoms with Crippen molar-refractivity contribution in [1.29, 1.82) is 0 Å². The average Bonchev–Trinajstić information content (AvgIpc) is 2.27. The van der Waals surface area contributed by atoms with Gasteiger partial charge >= 0.3 is 5.97 Å². The van der Waals surface area contributed by atoms with E-state index in [1.165, 1.54) is 12.1 Å². The maximum absolute atomic E-state index is 10.9. The first kappa shape index (κ1) is 14.2. The molecule has 1 unspecified atom stereocenters. The Bertz CT molecular complexity index is 437. The molecular weight excluding hydrogens is 234 g/mol. The number of carboxylic acid groups (broad SMARTS) is 1. The summed E-state index contributed by atoms with van der Waals surface area (Å²) >= 11 is 0. The highest BCUT2D eigenvalue weighted by atomic mass is 16.5. The van der Waals surface area contributed by atoms with Crippen LogP contribution in [0, 0.1) is 0 Å². The molecular formula is C13H17NO4. The van der Waals surface area contributed by atoms with Crippen LogP contribution in [0.4, 0.5) is 0 Å². The SMILES string of the molecule is CC(C)(C)OC(NC=O)c1cccc(C(=O)O)c1. The quantitative estimate of drug-likeness (QED) is 0.619. The van der Waals surface area contributed by atoms with Gasteiger partial charge in [0.1, 0.15) is 0 Å². The molecule has 0 aromatic heterocycles. The van der Waals surface area contributed by atoms with Crippen LogP contribution in [0.1, 0.15) is 42.9 Å². The second-order valence-corrected chi connectivity index (χ2v) is 4.83. The number of ether oxygens (including phenoxy) is 1. The normalized spacial score (nSPS) is 12.8. The van der Waals surface area contributed by atoms with Crippen molar-refractivity contribution < 1.29 is 19.4 Å². The fourth-order valence-corrected chi connectivity index (χ4v) is 1.45. The molecule has 1 atom stereocenters. The Morgan fingerprint density at radius 1 is 1.44 bits per heavy atom. The van der Waals surface area contributed by atoms with Gasteiger partial charge in [-0.1, -0.05) is 12.1 Å². The van der Waals surface area contributed by atoms with Crippen LogP contribution >= 0.6 is 0 Å². The molecule has 1 rings (SSSR count). The number of hydrogen-bond donors (Lipinski definition) is 2. The van der Waals surface area contributed by atoms with Gasteiger partial charge < -0.3 is 15.2 Å². The molecule has 5 nitrogen and oxygen atoms in total. The van der Waals surface area contributed by atoms with Crippen LogP contribution in [0.25, 0.3) is 0 Å². The molecule has 5 heteroatoms. The number of rotatable bonds is 5. The monoisotopic (exact) mass is 251 g/mol. The first-order valence-electron chi connectivity index (χ1n) is 5.54. The largest absolute Gasteiger partial charge is 0.478 e. The Hall–Kier alpha value is -1.88. The minimum atomic E-state index is -1.02. The summed E-state index contributed by atoms with van der Waals surface area (Å²) in [4.78, 5) is 21.5. The highest BCUT2D eigenvalue weighted by Gasteiger charge is 2.20. The Kier molecular flexibility index (Phi) is 4.44. The number of hydrogen-bond acceptors (Lipinski definition) is 3. The first-order chi connectivity index (χ1) is 8.33. The molecule has 98 valence electrons. The maximum atomic E-state index is 10.9. The molecule has 0 aliphatic carbocycles. The maximum Gasteiger partial charge on any atom is 0.335 e. The van der Waals surface area contributed by atoms with Gasteiger partial charge in [0.15, 0.2) is 6.23 Å². The number of nitrogens with one attached hydrogen (secondary N) is 1. The predicted molar refractivity (Wildman–Crippen MR) is 66.2 cm³/mol. The molecule has 18 heavy (non-hydrogen) atoms. The zero-order chi connectivity index (χ0) is 13.8. The van der Waals surface area contributed by atoms with Crippen LogP contribution < -0.4 is 5.32 Å². The second kappa shape index (κ2) is 5.64. The summed E-state index contributed by atoms with van der Waals surface area (Å²) in [6.07, 6.45) is -0.133. The molecule has 0 aliphatic heterocycles. The Balaban J connectivity index is 3.01. The van der Waals surface area contributed by atoms with E-state index in [0.29, 0.717) is 12.0 Å². The van der Waals surface area contributed by atoms with Crippen LogP contribution in [0.2, 0.25) is 0 Å². The van der Waals surface area contributed by atoms with E-state index < -0.39 is 17.8 Å².